The molecule has 1 aliphatic heterocycles. The van der Waals surface area contributed by atoms with Crippen molar-refractivity contribution in [2.75, 3.05) is 11.6 Å². The first-order chi connectivity index (χ1) is 12.1. The zero-order chi connectivity index (χ0) is 17.8. The van der Waals surface area contributed by atoms with Gasteiger partial charge in [0.1, 0.15) is 12.2 Å². The van der Waals surface area contributed by atoms with Crippen molar-refractivity contribution in [1.82, 2.24) is 0 Å². The fraction of sp³-hybridized carbons (Fsp3) is 0.111. The largest absolute Gasteiger partial charge is 0.472 e. The molecule has 0 spiro atoms. The Kier molecular flexibility index (Phi) is 5.83. The van der Waals surface area contributed by atoms with E-state index in [2.05, 4.69) is 26.2 Å². The quantitative estimate of drug-likeness (QED) is 0.633. The van der Waals surface area contributed by atoms with Crippen LogP contribution in [0.3, 0.4) is 0 Å². The topological polar surface area (TPSA) is 50.7 Å². The van der Waals surface area contributed by atoms with Gasteiger partial charge in [-0.2, -0.15) is 4.99 Å². The Morgan fingerprint density at radius 2 is 2.04 bits per heavy atom. The predicted molar refractivity (Wildman–Crippen MR) is 106 cm³/mol. The van der Waals surface area contributed by atoms with Crippen LogP contribution in [-0.4, -0.2) is 17.3 Å². The van der Waals surface area contributed by atoms with E-state index in [4.69, 9.17) is 16.3 Å². The monoisotopic (exact) mass is 436 g/mol. The van der Waals surface area contributed by atoms with Crippen LogP contribution >= 0.6 is 39.3 Å². The second-order valence-corrected chi connectivity index (χ2v) is 7.34. The van der Waals surface area contributed by atoms with Gasteiger partial charge in [-0.15, -0.1) is 11.8 Å². The highest BCUT2D eigenvalue weighted by Crippen LogP contribution is 2.27. The van der Waals surface area contributed by atoms with E-state index >= 15 is 0 Å². The van der Waals surface area contributed by atoms with Crippen LogP contribution in [0.5, 0.6) is 0 Å². The van der Waals surface area contributed by atoms with Crippen molar-refractivity contribution in [2.45, 2.75) is 11.5 Å². The number of halogens is 2. The lowest BCUT2D eigenvalue weighted by Crippen LogP contribution is -2.25. The van der Waals surface area contributed by atoms with Gasteiger partial charge in [-0.1, -0.05) is 39.7 Å². The van der Waals surface area contributed by atoms with Crippen molar-refractivity contribution in [3.8, 4) is 0 Å². The van der Waals surface area contributed by atoms with E-state index in [1.807, 2.05) is 54.8 Å². The third-order valence-corrected chi connectivity index (χ3v) is 4.97. The van der Waals surface area contributed by atoms with E-state index < -0.39 is 0 Å². The summed E-state index contributed by atoms with van der Waals surface area (Å²) in [5, 5.41) is 2.96. The highest BCUT2D eigenvalue weighted by molar-refractivity contribution is 9.10. The molecule has 4 nitrogen and oxygen atoms in total. The van der Waals surface area contributed by atoms with Crippen LogP contribution in [0, 0.1) is 0 Å². The second kappa shape index (κ2) is 8.08. The average molecular weight is 438 g/mol. The zero-order valence-electron chi connectivity index (χ0n) is 13.3. The zero-order valence-corrected chi connectivity index (χ0v) is 16.4. The summed E-state index contributed by atoms with van der Waals surface area (Å²) in [5.74, 6) is -0.0793. The maximum atomic E-state index is 12.4. The molecule has 1 heterocycles. The molecule has 0 aromatic heterocycles. The minimum Gasteiger partial charge on any atom is -0.472 e. The van der Waals surface area contributed by atoms with Crippen LogP contribution in [0.15, 0.2) is 74.3 Å². The summed E-state index contributed by atoms with van der Waals surface area (Å²) < 4.78 is 6.58. The number of carbonyl (C=O) groups excluding carboxylic acids is 1. The lowest BCUT2D eigenvalue weighted by atomic mass is 10.2. The molecule has 0 atom stereocenters. The van der Waals surface area contributed by atoms with Gasteiger partial charge < -0.3 is 10.1 Å². The normalized spacial score (nSPS) is 13.2. The highest BCUT2D eigenvalue weighted by Gasteiger charge is 2.29. The van der Waals surface area contributed by atoms with Crippen LogP contribution in [-0.2, 0) is 16.1 Å². The molecule has 0 aliphatic carbocycles. The summed E-state index contributed by atoms with van der Waals surface area (Å²) in [4.78, 5) is 17.5. The number of nitrogens with zero attached hydrogens (tertiary/aromatic N) is 1. The van der Waals surface area contributed by atoms with Crippen LogP contribution in [0.25, 0.3) is 0 Å². The first kappa shape index (κ1) is 18.0. The van der Waals surface area contributed by atoms with Crippen molar-refractivity contribution < 1.29 is 9.53 Å². The molecule has 0 unspecified atom stereocenters. The fourth-order valence-corrected chi connectivity index (χ4v) is 3.28. The van der Waals surface area contributed by atoms with Crippen molar-refractivity contribution in [1.29, 1.82) is 0 Å². The number of benzene rings is 2. The van der Waals surface area contributed by atoms with E-state index in [0.717, 1.165) is 14.9 Å². The van der Waals surface area contributed by atoms with Gasteiger partial charge in [0, 0.05) is 15.1 Å². The molecular formula is C18H14BrClN2O2S. The minimum absolute atomic E-state index is 0.155. The molecule has 1 aliphatic rings. The number of ether oxygens (including phenoxy) is 1. The number of aliphatic imine (C=N–C) groups is 1. The first-order valence-corrected chi connectivity index (χ1v) is 9.78. The minimum atomic E-state index is -0.332. The van der Waals surface area contributed by atoms with Gasteiger partial charge in [-0.3, -0.25) is 4.79 Å². The number of carbonyl (C=O) groups is 1. The summed E-state index contributed by atoms with van der Waals surface area (Å²) in [6.45, 7) is 0.307. The molecule has 25 heavy (non-hydrogen) atoms. The number of hydrogen-bond acceptors (Lipinski definition) is 4. The summed E-state index contributed by atoms with van der Waals surface area (Å²) in [5.41, 5.74) is 1.93. The summed E-state index contributed by atoms with van der Waals surface area (Å²) >= 11 is 11.0. The van der Waals surface area contributed by atoms with Crippen LogP contribution in [0.4, 0.5) is 5.69 Å². The number of amides is 1. The van der Waals surface area contributed by atoms with Gasteiger partial charge in [-0.05, 0) is 48.2 Å². The van der Waals surface area contributed by atoms with E-state index in [9.17, 15) is 4.79 Å². The lowest BCUT2D eigenvalue weighted by molar-refractivity contribution is -0.112. The van der Waals surface area contributed by atoms with Crippen molar-refractivity contribution in [2.24, 2.45) is 4.99 Å². The number of thioether (sulfide) groups is 1. The Morgan fingerprint density at radius 3 is 2.68 bits per heavy atom. The smallest absolute Gasteiger partial charge is 0.264 e. The molecule has 3 rings (SSSR count). The molecule has 0 saturated heterocycles. The Bertz CT molecular complexity index is 866. The Morgan fingerprint density at radius 1 is 1.28 bits per heavy atom. The molecule has 1 amide bonds. The molecule has 0 bridgehead atoms. The van der Waals surface area contributed by atoms with Gasteiger partial charge in [0.05, 0.1) is 0 Å². The second-order valence-electron chi connectivity index (χ2n) is 5.18. The Balaban J connectivity index is 1.65. The molecule has 0 radical (unpaired) electrons. The van der Waals surface area contributed by atoms with Gasteiger partial charge in [-0.25, -0.2) is 0 Å². The molecule has 128 valence electrons. The van der Waals surface area contributed by atoms with Crippen LogP contribution in [0.1, 0.15) is 5.56 Å². The van der Waals surface area contributed by atoms with Gasteiger partial charge in [0.25, 0.3) is 5.91 Å². The van der Waals surface area contributed by atoms with Crippen molar-refractivity contribution >= 4 is 56.1 Å². The first-order valence-electron chi connectivity index (χ1n) is 7.38. The van der Waals surface area contributed by atoms with E-state index in [1.54, 1.807) is 11.8 Å². The van der Waals surface area contributed by atoms with Crippen LogP contribution < -0.4 is 5.32 Å². The third-order valence-electron chi connectivity index (χ3n) is 3.46. The van der Waals surface area contributed by atoms with Gasteiger partial charge in [0.2, 0.25) is 5.88 Å². The molecule has 1 N–H and O–H groups in total. The molecule has 0 fully saturated rings. The molecule has 2 aromatic rings. The Labute approximate surface area is 163 Å². The number of rotatable bonds is 6. The molecule has 0 saturated carbocycles. The third kappa shape index (κ3) is 4.45. The standard InChI is InChI=1S/C18H14BrClN2O2S/c1-25-14-7-5-13(6-8-14)21-17(23)15-16(20)22-18(15)24-10-11-3-2-4-12(19)9-11/h2-9H,10H2,1H3,(H,21,23). The van der Waals surface area contributed by atoms with E-state index in [0.29, 0.717) is 12.3 Å². The lowest BCUT2D eigenvalue weighted by Gasteiger charge is -2.18. The predicted octanol–water partition coefficient (Wildman–Crippen LogP) is 5.19. The molecule has 2 aromatic carbocycles. The van der Waals surface area contributed by atoms with Crippen molar-refractivity contribution in [3.63, 3.8) is 0 Å². The molecular weight excluding hydrogens is 424 g/mol. The summed E-state index contributed by atoms with van der Waals surface area (Å²) in [6, 6.07) is 15.3. The SMILES string of the molecule is CSc1ccc(NC(=O)C2=C(OCc3cccc(Br)c3)N=C2Cl)cc1. The maximum Gasteiger partial charge on any atom is 0.264 e. The van der Waals surface area contributed by atoms with Crippen LogP contribution in [0.2, 0.25) is 0 Å². The average Bonchev–Trinajstić information content (AvgIpc) is 2.59. The number of hydrogen-bond donors (Lipinski definition) is 1. The van der Waals surface area contributed by atoms with E-state index in [-0.39, 0.29) is 22.5 Å². The Hall–Kier alpha value is -1.76. The highest BCUT2D eigenvalue weighted by atomic mass is 79.9. The van der Waals surface area contributed by atoms with Gasteiger partial charge >= 0.3 is 0 Å². The fourth-order valence-electron chi connectivity index (χ4n) is 2.18. The van der Waals surface area contributed by atoms with E-state index in [1.165, 1.54) is 0 Å². The molecule has 7 heteroatoms. The number of nitrogens with one attached hydrogen (secondary N) is 1. The maximum absolute atomic E-state index is 12.4. The van der Waals surface area contributed by atoms with Gasteiger partial charge in [0.15, 0.2) is 5.17 Å². The number of anilines is 1. The van der Waals surface area contributed by atoms with Crippen molar-refractivity contribution in [3.05, 3.63) is 70.0 Å². The summed E-state index contributed by atoms with van der Waals surface area (Å²) in [7, 11) is 0. The summed E-state index contributed by atoms with van der Waals surface area (Å²) in [6.07, 6.45) is 2.00.